The van der Waals surface area contributed by atoms with Gasteiger partial charge in [0, 0.05) is 11.1 Å². The zero-order chi connectivity index (χ0) is 13.1. The van der Waals surface area contributed by atoms with E-state index in [1.165, 1.54) is 16.6 Å². The van der Waals surface area contributed by atoms with Gasteiger partial charge in [0.05, 0.1) is 12.6 Å². The molecule has 0 bridgehead atoms. The van der Waals surface area contributed by atoms with Crippen molar-refractivity contribution in [2.24, 2.45) is 0 Å². The van der Waals surface area contributed by atoms with E-state index in [2.05, 4.69) is 36.3 Å². The molecule has 2 aromatic rings. The van der Waals surface area contributed by atoms with E-state index in [0.29, 0.717) is 5.92 Å². The maximum absolute atomic E-state index is 5.43. The Bertz CT molecular complexity index is 529. The highest BCUT2D eigenvalue weighted by Crippen LogP contribution is 2.32. The average molecular weight is 246 g/mol. The molecule has 0 amide bonds. The molecule has 98 valence electrons. The average Bonchev–Trinajstić information content (AvgIpc) is 2.75. The van der Waals surface area contributed by atoms with Crippen molar-refractivity contribution in [1.29, 1.82) is 0 Å². The van der Waals surface area contributed by atoms with Gasteiger partial charge in [0.2, 0.25) is 0 Å². The lowest BCUT2D eigenvalue weighted by molar-refractivity contribution is 0.419. The number of aromatic amines is 1. The number of aromatic nitrogens is 1. The van der Waals surface area contributed by atoms with Crippen LogP contribution in [0.4, 0.5) is 0 Å². The number of methoxy groups -OCH3 is 1. The van der Waals surface area contributed by atoms with Crippen molar-refractivity contribution in [3.8, 4) is 5.75 Å². The van der Waals surface area contributed by atoms with E-state index >= 15 is 0 Å². The van der Waals surface area contributed by atoms with Crippen molar-refractivity contribution < 1.29 is 4.74 Å². The summed E-state index contributed by atoms with van der Waals surface area (Å²) < 4.78 is 5.43. The van der Waals surface area contributed by atoms with E-state index in [1.54, 1.807) is 7.11 Å². The highest BCUT2D eigenvalue weighted by atomic mass is 16.5. The van der Waals surface area contributed by atoms with Crippen molar-refractivity contribution in [2.45, 2.75) is 26.2 Å². The van der Waals surface area contributed by atoms with Crippen LogP contribution in [0.15, 0.2) is 18.2 Å². The number of rotatable bonds is 5. The van der Waals surface area contributed by atoms with Crippen LogP contribution in [-0.4, -0.2) is 25.7 Å². The number of likely N-dealkylation sites (N-methyl/N-ethyl adjacent to an activating group) is 1. The van der Waals surface area contributed by atoms with Crippen molar-refractivity contribution in [2.75, 3.05) is 20.7 Å². The first-order valence-corrected chi connectivity index (χ1v) is 6.51. The van der Waals surface area contributed by atoms with Crippen LogP contribution in [0, 0.1) is 0 Å². The van der Waals surface area contributed by atoms with Crippen LogP contribution in [0.2, 0.25) is 0 Å². The lowest BCUT2D eigenvalue weighted by Crippen LogP contribution is -2.11. The molecular weight excluding hydrogens is 224 g/mol. The number of nitrogens with one attached hydrogen (secondary N) is 2. The van der Waals surface area contributed by atoms with Gasteiger partial charge >= 0.3 is 0 Å². The molecule has 0 spiro atoms. The zero-order valence-electron chi connectivity index (χ0n) is 11.6. The minimum absolute atomic E-state index is 0.494. The van der Waals surface area contributed by atoms with E-state index in [9.17, 15) is 0 Å². The summed E-state index contributed by atoms with van der Waals surface area (Å²) in [5.41, 5.74) is 3.85. The molecule has 18 heavy (non-hydrogen) atoms. The molecule has 0 fully saturated rings. The lowest BCUT2D eigenvalue weighted by Gasteiger charge is -2.07. The van der Waals surface area contributed by atoms with Gasteiger partial charge < -0.3 is 15.0 Å². The Morgan fingerprint density at radius 1 is 1.33 bits per heavy atom. The number of H-pyrrole nitrogens is 1. The zero-order valence-corrected chi connectivity index (χ0v) is 11.6. The van der Waals surface area contributed by atoms with Gasteiger partial charge in [-0.25, -0.2) is 0 Å². The van der Waals surface area contributed by atoms with Crippen molar-refractivity contribution in [3.05, 3.63) is 29.5 Å². The van der Waals surface area contributed by atoms with E-state index in [4.69, 9.17) is 4.74 Å². The van der Waals surface area contributed by atoms with Crippen LogP contribution in [0.5, 0.6) is 5.75 Å². The summed E-state index contributed by atoms with van der Waals surface area (Å²) in [4.78, 5) is 3.54. The summed E-state index contributed by atoms with van der Waals surface area (Å²) in [5, 5.41) is 4.51. The topological polar surface area (TPSA) is 37.0 Å². The molecule has 3 nitrogen and oxygen atoms in total. The molecule has 1 aromatic heterocycles. The fraction of sp³-hybridized carbons (Fsp3) is 0.467. The fourth-order valence-electron chi connectivity index (χ4n) is 2.45. The summed E-state index contributed by atoms with van der Waals surface area (Å²) in [6.45, 7) is 5.43. The number of hydrogen-bond donors (Lipinski definition) is 2. The van der Waals surface area contributed by atoms with Crippen LogP contribution in [0.1, 0.15) is 31.0 Å². The van der Waals surface area contributed by atoms with E-state index in [1.807, 2.05) is 13.1 Å². The van der Waals surface area contributed by atoms with Gasteiger partial charge in [-0.15, -0.1) is 0 Å². The summed E-state index contributed by atoms with van der Waals surface area (Å²) >= 11 is 0. The van der Waals surface area contributed by atoms with Gasteiger partial charge in [0.1, 0.15) is 5.75 Å². The number of benzene rings is 1. The monoisotopic (exact) mass is 246 g/mol. The Hall–Kier alpha value is -1.48. The van der Waals surface area contributed by atoms with Crippen molar-refractivity contribution in [3.63, 3.8) is 0 Å². The normalized spacial score (nSPS) is 11.4. The lowest BCUT2D eigenvalue weighted by atomic mass is 10.0. The number of para-hydroxylation sites is 1. The predicted octanol–water partition coefficient (Wildman–Crippen LogP) is 3.06. The Balaban J connectivity index is 2.59. The van der Waals surface area contributed by atoms with E-state index < -0.39 is 0 Å². The standard InChI is InChI=1S/C15H22N2O/c1-10(2)14-12(8-9-16-3)11-6-5-7-13(18-4)15(11)17-14/h5-7,10,16-17H,8-9H2,1-4H3. The van der Waals surface area contributed by atoms with Gasteiger partial charge in [-0.05, 0) is 37.6 Å². The van der Waals surface area contributed by atoms with Crippen molar-refractivity contribution >= 4 is 10.9 Å². The maximum atomic E-state index is 5.43. The van der Waals surface area contributed by atoms with Crippen LogP contribution in [0.3, 0.4) is 0 Å². The van der Waals surface area contributed by atoms with Crippen LogP contribution >= 0.6 is 0 Å². The second-order valence-electron chi connectivity index (χ2n) is 4.91. The third-order valence-electron chi connectivity index (χ3n) is 3.36. The molecule has 1 heterocycles. The largest absolute Gasteiger partial charge is 0.495 e. The molecule has 0 aliphatic carbocycles. The molecule has 0 unspecified atom stereocenters. The number of fused-ring (bicyclic) bond motifs is 1. The van der Waals surface area contributed by atoms with Crippen LogP contribution < -0.4 is 10.1 Å². The molecule has 0 aliphatic heterocycles. The molecule has 0 aliphatic rings. The first-order chi connectivity index (χ1) is 8.69. The molecule has 0 saturated heterocycles. The van der Waals surface area contributed by atoms with E-state index in [0.717, 1.165) is 24.2 Å². The minimum atomic E-state index is 0.494. The smallest absolute Gasteiger partial charge is 0.142 e. The predicted molar refractivity (Wildman–Crippen MR) is 76.6 cm³/mol. The Labute approximate surface area is 109 Å². The second-order valence-corrected chi connectivity index (χ2v) is 4.91. The third kappa shape index (κ3) is 2.23. The number of ether oxygens (including phenoxy) is 1. The molecule has 2 N–H and O–H groups in total. The Morgan fingerprint density at radius 3 is 2.72 bits per heavy atom. The molecule has 0 saturated carbocycles. The number of hydrogen-bond acceptors (Lipinski definition) is 2. The first kappa shape index (κ1) is 13.0. The summed E-state index contributed by atoms with van der Waals surface area (Å²) in [6, 6.07) is 6.23. The molecule has 2 rings (SSSR count). The SMILES string of the molecule is CNCCc1c(C(C)C)[nH]c2c(OC)cccc12. The summed E-state index contributed by atoms with van der Waals surface area (Å²) in [5.74, 6) is 1.42. The molecular formula is C15H22N2O. The van der Waals surface area contributed by atoms with Gasteiger partial charge in [-0.3, -0.25) is 0 Å². The van der Waals surface area contributed by atoms with Crippen LogP contribution in [0.25, 0.3) is 10.9 Å². The van der Waals surface area contributed by atoms with Gasteiger partial charge in [-0.2, -0.15) is 0 Å². The van der Waals surface area contributed by atoms with Gasteiger partial charge in [0.15, 0.2) is 0 Å². The fourth-order valence-corrected chi connectivity index (χ4v) is 2.45. The highest BCUT2D eigenvalue weighted by Gasteiger charge is 2.15. The highest BCUT2D eigenvalue weighted by molar-refractivity contribution is 5.89. The Kier molecular flexibility index (Phi) is 3.92. The minimum Gasteiger partial charge on any atom is -0.495 e. The first-order valence-electron chi connectivity index (χ1n) is 6.51. The third-order valence-corrected chi connectivity index (χ3v) is 3.36. The molecule has 3 heteroatoms. The quantitative estimate of drug-likeness (QED) is 0.850. The molecule has 0 atom stereocenters. The second kappa shape index (κ2) is 5.44. The van der Waals surface area contributed by atoms with Gasteiger partial charge in [0.25, 0.3) is 0 Å². The summed E-state index contributed by atoms with van der Waals surface area (Å²) in [7, 11) is 3.71. The van der Waals surface area contributed by atoms with Gasteiger partial charge in [-0.1, -0.05) is 26.0 Å². The molecule has 1 aromatic carbocycles. The van der Waals surface area contributed by atoms with Crippen molar-refractivity contribution in [1.82, 2.24) is 10.3 Å². The maximum Gasteiger partial charge on any atom is 0.142 e. The molecule has 0 radical (unpaired) electrons. The Morgan fingerprint density at radius 2 is 2.11 bits per heavy atom. The van der Waals surface area contributed by atoms with E-state index in [-0.39, 0.29) is 0 Å². The van der Waals surface area contributed by atoms with Crippen LogP contribution in [-0.2, 0) is 6.42 Å². The summed E-state index contributed by atoms with van der Waals surface area (Å²) in [6.07, 6.45) is 1.04.